The number of carbonyl (C=O) groups excluding carboxylic acids is 2. The first-order valence-electron chi connectivity index (χ1n) is 11.7. The topological polar surface area (TPSA) is 151 Å². The number of anilines is 2. The Morgan fingerprint density at radius 2 is 2.10 bits per heavy atom. The summed E-state index contributed by atoms with van der Waals surface area (Å²) in [5.74, 6) is 0.289. The molecule has 1 saturated carbocycles. The molecule has 1 aliphatic heterocycles. The molecule has 0 saturated heterocycles. The van der Waals surface area contributed by atoms with Crippen LogP contribution in [0.2, 0.25) is 0 Å². The Labute approximate surface area is 226 Å². The van der Waals surface area contributed by atoms with Gasteiger partial charge in [0.1, 0.15) is 16.1 Å². The first kappa shape index (κ1) is 26.2. The van der Waals surface area contributed by atoms with Crippen molar-refractivity contribution in [1.29, 1.82) is 0 Å². The number of terminal acetylenes is 1. The second-order valence-corrected chi connectivity index (χ2v) is 10.4. The molecule has 1 aromatic carbocycles. The number of hydrogen-bond acceptors (Lipinski definition) is 12. The number of fused-ring (bicyclic) bond motifs is 2. The normalized spacial score (nSPS) is 23.2. The number of aromatic nitrogens is 3. The molecule has 1 aliphatic carbocycles. The number of pyridine rings is 1. The molecule has 200 valence electrons. The molecule has 1 fully saturated rings. The fraction of sp³-hybridized carbons (Fsp3) is 0.308. The van der Waals surface area contributed by atoms with Crippen molar-refractivity contribution in [3.8, 4) is 18.2 Å². The average Bonchev–Trinajstić information content (AvgIpc) is 3.68. The third-order valence-electron chi connectivity index (χ3n) is 6.78. The van der Waals surface area contributed by atoms with Crippen molar-refractivity contribution in [2.75, 3.05) is 26.1 Å². The SMILES string of the molecule is C#CCOc1cnc2c(Nc3cc(C(=O)OC)c(F)c(C4(C)N=C(N)SC5(C(=O)OC)CC54)c3)nccc2n1. The molecule has 0 radical (unpaired) electrons. The molecule has 3 heterocycles. The van der Waals surface area contributed by atoms with Gasteiger partial charge in [0.05, 0.1) is 37.0 Å². The molecule has 0 spiro atoms. The fourth-order valence-corrected chi connectivity index (χ4v) is 6.28. The third kappa shape index (κ3) is 4.36. The summed E-state index contributed by atoms with van der Waals surface area (Å²) in [4.78, 5) is 42.9. The molecular formula is C26H23FN6O5S. The zero-order valence-electron chi connectivity index (χ0n) is 21.1. The van der Waals surface area contributed by atoms with E-state index in [1.54, 1.807) is 13.0 Å². The number of halogens is 1. The fourth-order valence-electron chi connectivity index (χ4n) is 4.88. The van der Waals surface area contributed by atoms with Gasteiger partial charge in [-0.15, -0.1) is 6.42 Å². The van der Waals surface area contributed by atoms with E-state index >= 15 is 4.39 Å². The molecule has 11 nitrogen and oxygen atoms in total. The van der Waals surface area contributed by atoms with Crippen LogP contribution in [0.5, 0.6) is 5.88 Å². The van der Waals surface area contributed by atoms with Gasteiger partial charge in [0.2, 0.25) is 5.88 Å². The molecule has 2 aromatic heterocycles. The number of amidine groups is 1. The number of hydrogen-bond donors (Lipinski definition) is 2. The average molecular weight is 551 g/mol. The van der Waals surface area contributed by atoms with E-state index in [4.69, 9.17) is 26.4 Å². The van der Waals surface area contributed by atoms with Gasteiger partial charge in [-0.2, -0.15) is 0 Å². The summed E-state index contributed by atoms with van der Waals surface area (Å²) < 4.78 is 30.2. The molecule has 3 aromatic rings. The number of aliphatic imine (C=N–C) groups is 1. The van der Waals surface area contributed by atoms with Crippen molar-refractivity contribution in [3.05, 3.63) is 47.5 Å². The minimum atomic E-state index is -1.27. The highest BCUT2D eigenvalue weighted by Crippen LogP contribution is 2.66. The van der Waals surface area contributed by atoms with Crippen LogP contribution in [-0.4, -0.2) is 57.6 Å². The summed E-state index contributed by atoms with van der Waals surface area (Å²) >= 11 is 1.10. The maximum absolute atomic E-state index is 16.0. The molecule has 3 unspecified atom stereocenters. The Balaban J connectivity index is 1.60. The number of nitrogens with zero attached hydrogens (tertiary/aromatic N) is 4. The lowest BCUT2D eigenvalue weighted by atomic mass is 9.84. The highest BCUT2D eigenvalue weighted by Gasteiger charge is 2.71. The van der Waals surface area contributed by atoms with Gasteiger partial charge in [0.25, 0.3) is 0 Å². The van der Waals surface area contributed by atoms with E-state index in [2.05, 4.69) is 31.2 Å². The van der Waals surface area contributed by atoms with Gasteiger partial charge < -0.3 is 25.3 Å². The first-order chi connectivity index (χ1) is 18.7. The summed E-state index contributed by atoms with van der Waals surface area (Å²) in [5.41, 5.74) is 5.73. The van der Waals surface area contributed by atoms with Crippen LogP contribution in [-0.2, 0) is 19.8 Å². The number of rotatable bonds is 7. The van der Waals surface area contributed by atoms with E-state index in [1.165, 1.54) is 31.6 Å². The number of nitrogens with two attached hydrogens (primary N) is 1. The largest absolute Gasteiger partial charge is 0.468 e. The Bertz CT molecular complexity index is 1590. The van der Waals surface area contributed by atoms with Crippen LogP contribution in [0.25, 0.3) is 11.0 Å². The second-order valence-electron chi connectivity index (χ2n) is 9.07. The molecule has 0 amide bonds. The van der Waals surface area contributed by atoms with E-state index in [0.29, 0.717) is 29.0 Å². The number of methoxy groups -OCH3 is 2. The molecular weight excluding hydrogens is 527 g/mol. The molecule has 39 heavy (non-hydrogen) atoms. The maximum atomic E-state index is 16.0. The third-order valence-corrected chi connectivity index (χ3v) is 8.06. The van der Waals surface area contributed by atoms with Gasteiger partial charge in [0, 0.05) is 23.4 Å². The van der Waals surface area contributed by atoms with E-state index in [0.717, 1.165) is 18.9 Å². The first-order valence-corrected chi connectivity index (χ1v) is 12.5. The summed E-state index contributed by atoms with van der Waals surface area (Å²) in [6.07, 6.45) is 8.52. The minimum Gasteiger partial charge on any atom is -0.468 e. The van der Waals surface area contributed by atoms with Crippen LogP contribution in [0.15, 0.2) is 35.6 Å². The van der Waals surface area contributed by atoms with E-state index in [-0.39, 0.29) is 28.8 Å². The van der Waals surface area contributed by atoms with Crippen molar-refractivity contribution in [2.24, 2.45) is 16.6 Å². The quantitative estimate of drug-likeness (QED) is 0.330. The van der Waals surface area contributed by atoms with Crippen LogP contribution < -0.4 is 15.8 Å². The van der Waals surface area contributed by atoms with E-state index < -0.39 is 34.0 Å². The minimum absolute atomic E-state index is 0.0353. The zero-order chi connectivity index (χ0) is 27.9. The van der Waals surface area contributed by atoms with Crippen molar-refractivity contribution in [3.63, 3.8) is 0 Å². The van der Waals surface area contributed by atoms with Crippen LogP contribution in [0, 0.1) is 24.1 Å². The van der Waals surface area contributed by atoms with Crippen molar-refractivity contribution < 1.29 is 28.2 Å². The van der Waals surface area contributed by atoms with Crippen molar-refractivity contribution in [1.82, 2.24) is 15.0 Å². The number of thioether (sulfide) groups is 1. The Morgan fingerprint density at radius 1 is 1.31 bits per heavy atom. The van der Waals surface area contributed by atoms with Gasteiger partial charge >= 0.3 is 11.9 Å². The van der Waals surface area contributed by atoms with Gasteiger partial charge in [-0.1, -0.05) is 17.7 Å². The van der Waals surface area contributed by atoms with Crippen LogP contribution in [0.4, 0.5) is 15.9 Å². The lowest BCUT2D eigenvalue weighted by Gasteiger charge is -2.33. The molecule has 2 aliphatic rings. The summed E-state index contributed by atoms with van der Waals surface area (Å²) in [7, 11) is 2.44. The van der Waals surface area contributed by atoms with Crippen LogP contribution in [0.1, 0.15) is 29.3 Å². The van der Waals surface area contributed by atoms with Crippen LogP contribution in [0.3, 0.4) is 0 Å². The maximum Gasteiger partial charge on any atom is 0.340 e. The van der Waals surface area contributed by atoms with Gasteiger partial charge in [0.15, 0.2) is 17.6 Å². The Kier molecular flexibility index (Phi) is 6.51. The highest BCUT2D eigenvalue weighted by atomic mass is 32.2. The number of carbonyl (C=O) groups is 2. The smallest absolute Gasteiger partial charge is 0.340 e. The van der Waals surface area contributed by atoms with Crippen molar-refractivity contribution in [2.45, 2.75) is 23.6 Å². The number of ether oxygens (including phenoxy) is 3. The predicted molar refractivity (Wildman–Crippen MR) is 142 cm³/mol. The second kappa shape index (κ2) is 9.70. The summed E-state index contributed by atoms with van der Waals surface area (Å²) in [6.45, 7) is 1.71. The summed E-state index contributed by atoms with van der Waals surface area (Å²) in [5, 5.41) is 3.21. The van der Waals surface area contributed by atoms with E-state index in [1.807, 2.05) is 0 Å². The van der Waals surface area contributed by atoms with Crippen LogP contribution >= 0.6 is 11.8 Å². The van der Waals surface area contributed by atoms with Gasteiger partial charge in [-0.05, 0) is 31.5 Å². The molecule has 3 atom stereocenters. The highest BCUT2D eigenvalue weighted by molar-refractivity contribution is 8.15. The number of nitrogens with one attached hydrogen (secondary N) is 1. The Morgan fingerprint density at radius 3 is 2.82 bits per heavy atom. The van der Waals surface area contributed by atoms with Gasteiger partial charge in [-0.3, -0.25) is 9.79 Å². The lowest BCUT2D eigenvalue weighted by Crippen LogP contribution is -2.40. The molecule has 0 bridgehead atoms. The molecule has 5 rings (SSSR count). The number of benzene rings is 1. The molecule has 3 N–H and O–H groups in total. The van der Waals surface area contributed by atoms with Crippen molar-refractivity contribution >= 4 is 51.4 Å². The predicted octanol–water partition coefficient (Wildman–Crippen LogP) is 2.91. The van der Waals surface area contributed by atoms with Gasteiger partial charge in [-0.25, -0.2) is 24.1 Å². The monoisotopic (exact) mass is 550 g/mol. The zero-order valence-corrected chi connectivity index (χ0v) is 22.0. The van der Waals surface area contributed by atoms with E-state index in [9.17, 15) is 9.59 Å². The lowest BCUT2D eigenvalue weighted by molar-refractivity contribution is -0.141. The molecule has 13 heteroatoms. The summed E-state index contributed by atoms with van der Waals surface area (Å²) in [6, 6.07) is 4.45. The standard InChI is InChI=1S/C26H23FN6O5S/c1-5-8-38-18-12-30-20-16(32-18)6-7-29-21(20)31-13-9-14(22(34)36-3)19(27)15(10-13)25(2)17-11-26(17,23(35)37-4)39-24(28)33-25/h1,6-7,9-10,12,17H,8,11H2,2-4H3,(H2,28,33)(H,29,31). The number of esters is 2. The Hall–Kier alpha value is -4.44.